The van der Waals surface area contributed by atoms with E-state index in [9.17, 15) is 8.78 Å². The van der Waals surface area contributed by atoms with Gasteiger partial charge in [-0.05, 0) is 23.7 Å². The van der Waals surface area contributed by atoms with Crippen molar-refractivity contribution in [1.82, 2.24) is 9.97 Å². The minimum absolute atomic E-state index is 0.00571. The van der Waals surface area contributed by atoms with Gasteiger partial charge < -0.3 is 5.32 Å². The lowest BCUT2D eigenvalue weighted by Crippen LogP contribution is -2.00. The summed E-state index contributed by atoms with van der Waals surface area (Å²) in [4.78, 5) is 7.04. The molecule has 1 aromatic heterocycles. The quantitative estimate of drug-likeness (QED) is 0.847. The molecule has 0 radical (unpaired) electrons. The Morgan fingerprint density at radius 2 is 1.94 bits per heavy atom. The summed E-state index contributed by atoms with van der Waals surface area (Å²) in [6.45, 7) is 0. The lowest BCUT2D eigenvalue weighted by molar-refractivity contribution is 0.615. The van der Waals surface area contributed by atoms with E-state index in [1.807, 2.05) is 0 Å². The van der Waals surface area contributed by atoms with E-state index in [0.717, 1.165) is 6.20 Å². The zero-order valence-corrected chi connectivity index (χ0v) is 9.73. The van der Waals surface area contributed by atoms with Crippen LogP contribution in [0.25, 0.3) is 0 Å². The summed E-state index contributed by atoms with van der Waals surface area (Å²) in [5.41, 5.74) is 0.00571. The lowest BCUT2D eigenvalue weighted by Gasteiger charge is -2.08. The highest BCUT2D eigenvalue weighted by Crippen LogP contribution is 2.25. The normalized spacial score (nSPS) is 10.4. The van der Waals surface area contributed by atoms with Crippen molar-refractivity contribution in [3.05, 3.63) is 46.3 Å². The van der Waals surface area contributed by atoms with Crippen LogP contribution in [0.4, 0.5) is 20.3 Å². The molecule has 2 rings (SSSR count). The molecule has 88 valence electrons. The fourth-order valence-corrected chi connectivity index (χ4v) is 1.47. The molecule has 7 heteroatoms. The average molecular weight is 276 g/mol. The molecule has 0 aliphatic carbocycles. The van der Waals surface area contributed by atoms with Crippen molar-refractivity contribution in [2.45, 2.75) is 0 Å². The number of hydrogen-bond donors (Lipinski definition) is 1. The largest absolute Gasteiger partial charge is 0.335 e. The molecule has 0 spiro atoms. The van der Waals surface area contributed by atoms with Crippen molar-refractivity contribution in [2.24, 2.45) is 0 Å². The summed E-state index contributed by atoms with van der Waals surface area (Å²) in [7, 11) is 0. The van der Waals surface area contributed by atoms with Crippen molar-refractivity contribution in [3.8, 4) is 0 Å². The Morgan fingerprint density at radius 3 is 2.71 bits per heavy atom. The van der Waals surface area contributed by atoms with Gasteiger partial charge in [0.05, 0.1) is 16.9 Å². The molecule has 1 aromatic carbocycles. The van der Waals surface area contributed by atoms with Gasteiger partial charge in [-0.25, -0.2) is 13.8 Å². The van der Waals surface area contributed by atoms with Crippen LogP contribution < -0.4 is 5.32 Å². The highest BCUT2D eigenvalue weighted by atomic mass is 35.5. The first-order valence-corrected chi connectivity index (χ1v) is 5.22. The third-order valence-corrected chi connectivity index (χ3v) is 2.39. The number of rotatable bonds is 2. The molecule has 0 unspecified atom stereocenters. The Hall–Kier alpha value is -1.46. The number of anilines is 2. The zero-order valence-electron chi connectivity index (χ0n) is 8.22. The topological polar surface area (TPSA) is 37.8 Å². The van der Waals surface area contributed by atoms with Gasteiger partial charge in [0, 0.05) is 0 Å². The van der Waals surface area contributed by atoms with Crippen molar-refractivity contribution < 1.29 is 8.78 Å². The summed E-state index contributed by atoms with van der Waals surface area (Å²) in [5.74, 6) is -1.65. The molecule has 0 fully saturated rings. The average Bonchev–Trinajstić information content (AvgIpc) is 2.30. The highest BCUT2D eigenvalue weighted by molar-refractivity contribution is 6.31. The first-order chi connectivity index (χ1) is 8.08. The van der Waals surface area contributed by atoms with E-state index in [-0.39, 0.29) is 21.8 Å². The predicted octanol–water partition coefficient (Wildman–Crippen LogP) is 3.81. The summed E-state index contributed by atoms with van der Waals surface area (Å²) >= 11 is 11.1. The van der Waals surface area contributed by atoms with Crippen LogP contribution in [0, 0.1) is 11.6 Å². The van der Waals surface area contributed by atoms with Crippen LogP contribution in [0.2, 0.25) is 10.3 Å². The van der Waals surface area contributed by atoms with Crippen LogP contribution in [-0.2, 0) is 0 Å². The van der Waals surface area contributed by atoms with E-state index >= 15 is 0 Å². The molecule has 0 saturated heterocycles. The summed E-state index contributed by atoms with van der Waals surface area (Å²) in [5, 5.41) is 2.24. The van der Waals surface area contributed by atoms with E-state index in [2.05, 4.69) is 15.3 Å². The first kappa shape index (κ1) is 12.0. The van der Waals surface area contributed by atoms with Gasteiger partial charge in [-0.1, -0.05) is 17.7 Å². The molecule has 1 heterocycles. The Balaban J connectivity index is 2.38. The highest BCUT2D eigenvalue weighted by Gasteiger charge is 2.10. The maximum atomic E-state index is 13.5. The van der Waals surface area contributed by atoms with Crippen LogP contribution in [-0.4, -0.2) is 9.97 Å². The number of nitrogens with zero attached hydrogens (tertiary/aromatic N) is 2. The second-order valence-electron chi connectivity index (χ2n) is 3.06. The summed E-state index contributed by atoms with van der Waals surface area (Å²) in [6, 6.07) is 4.30. The number of hydrogen-bond acceptors (Lipinski definition) is 3. The van der Waals surface area contributed by atoms with Gasteiger partial charge in [-0.2, -0.15) is 4.98 Å². The molecule has 0 bridgehead atoms. The standard InChI is InChI=1S/C10H5Cl2F2N3/c11-5-2-1-3-7(8(5)14)16-9-6(13)4-15-10(12)17-9/h1-4H,(H,15,16,17). The fraction of sp³-hybridized carbons (Fsp3) is 0. The molecule has 2 aromatic rings. The third kappa shape index (κ3) is 2.62. The van der Waals surface area contributed by atoms with E-state index in [1.165, 1.54) is 18.2 Å². The van der Waals surface area contributed by atoms with Crippen LogP contribution in [0.3, 0.4) is 0 Å². The van der Waals surface area contributed by atoms with Crippen LogP contribution in [0.1, 0.15) is 0 Å². The Kier molecular flexibility index (Phi) is 3.40. The maximum absolute atomic E-state index is 13.5. The van der Waals surface area contributed by atoms with Gasteiger partial charge in [0.2, 0.25) is 5.28 Å². The SMILES string of the molecule is Fc1cnc(Cl)nc1Nc1cccc(Cl)c1F. The molecule has 0 atom stereocenters. The van der Waals surface area contributed by atoms with Crippen molar-refractivity contribution in [2.75, 3.05) is 5.32 Å². The zero-order chi connectivity index (χ0) is 12.4. The Bertz CT molecular complexity index is 563. The molecule has 3 nitrogen and oxygen atoms in total. The van der Waals surface area contributed by atoms with Gasteiger partial charge in [0.15, 0.2) is 17.5 Å². The fourth-order valence-electron chi connectivity index (χ4n) is 1.16. The van der Waals surface area contributed by atoms with Crippen LogP contribution in [0.15, 0.2) is 24.4 Å². The van der Waals surface area contributed by atoms with Gasteiger partial charge in [-0.15, -0.1) is 0 Å². The third-order valence-electron chi connectivity index (χ3n) is 1.92. The molecule has 0 aliphatic rings. The van der Waals surface area contributed by atoms with Crippen molar-refractivity contribution in [3.63, 3.8) is 0 Å². The van der Waals surface area contributed by atoms with Gasteiger partial charge in [0.25, 0.3) is 0 Å². The van der Waals surface area contributed by atoms with E-state index < -0.39 is 11.6 Å². The van der Waals surface area contributed by atoms with Crippen molar-refractivity contribution in [1.29, 1.82) is 0 Å². The minimum atomic E-state index is -0.742. The number of aromatic nitrogens is 2. The van der Waals surface area contributed by atoms with Gasteiger partial charge in [-0.3, -0.25) is 0 Å². The van der Waals surface area contributed by atoms with E-state index in [0.29, 0.717) is 0 Å². The number of halogens is 4. The lowest BCUT2D eigenvalue weighted by atomic mass is 10.3. The Morgan fingerprint density at radius 1 is 1.18 bits per heavy atom. The minimum Gasteiger partial charge on any atom is -0.335 e. The first-order valence-electron chi connectivity index (χ1n) is 4.47. The second kappa shape index (κ2) is 4.81. The van der Waals surface area contributed by atoms with Crippen LogP contribution >= 0.6 is 23.2 Å². The van der Waals surface area contributed by atoms with Gasteiger partial charge >= 0.3 is 0 Å². The molecule has 0 amide bonds. The molecule has 0 saturated carbocycles. The van der Waals surface area contributed by atoms with Crippen molar-refractivity contribution >= 4 is 34.7 Å². The monoisotopic (exact) mass is 275 g/mol. The molecular weight excluding hydrogens is 271 g/mol. The smallest absolute Gasteiger partial charge is 0.224 e. The number of benzene rings is 1. The second-order valence-corrected chi connectivity index (χ2v) is 3.81. The molecule has 1 N–H and O–H groups in total. The van der Waals surface area contributed by atoms with E-state index in [4.69, 9.17) is 23.2 Å². The van der Waals surface area contributed by atoms with Crippen LogP contribution in [0.5, 0.6) is 0 Å². The Labute approximate surface area is 105 Å². The van der Waals surface area contributed by atoms with Gasteiger partial charge in [0.1, 0.15) is 0 Å². The molecule has 0 aliphatic heterocycles. The summed E-state index contributed by atoms with van der Waals surface area (Å²) < 4.78 is 26.8. The molecule has 17 heavy (non-hydrogen) atoms. The predicted molar refractivity (Wildman–Crippen MR) is 61.7 cm³/mol. The maximum Gasteiger partial charge on any atom is 0.224 e. The number of nitrogens with one attached hydrogen (secondary N) is 1. The van der Waals surface area contributed by atoms with E-state index in [1.54, 1.807) is 0 Å². The molecular formula is C10H5Cl2F2N3. The summed E-state index contributed by atoms with van der Waals surface area (Å²) in [6.07, 6.45) is 0.889.